The fourth-order valence-electron chi connectivity index (χ4n) is 1.25. The second kappa shape index (κ2) is 5.98. The number of unbranched alkanes of at least 4 members (excludes halogenated alkanes) is 2. The Morgan fingerprint density at radius 1 is 1.00 bits per heavy atom. The van der Waals surface area contributed by atoms with E-state index in [1.807, 2.05) is 12.1 Å². The summed E-state index contributed by atoms with van der Waals surface area (Å²) >= 11 is 5.55. The third-order valence-corrected chi connectivity index (χ3v) is 2.28. The highest BCUT2D eigenvalue weighted by molar-refractivity contribution is 6.17. The Labute approximate surface area is 83.7 Å². The van der Waals surface area contributed by atoms with Gasteiger partial charge in [-0.1, -0.05) is 18.6 Å². The lowest BCUT2D eigenvalue weighted by atomic mass is 10.1. The van der Waals surface area contributed by atoms with E-state index in [9.17, 15) is 4.39 Å². The topological polar surface area (TPSA) is 0 Å². The molecule has 0 unspecified atom stereocenters. The van der Waals surface area contributed by atoms with Gasteiger partial charge in [0.2, 0.25) is 0 Å². The molecule has 72 valence electrons. The molecule has 0 saturated carbocycles. The predicted octanol–water partition coefficient (Wildman–Crippen LogP) is 3.78. The van der Waals surface area contributed by atoms with Crippen LogP contribution in [0.2, 0.25) is 0 Å². The van der Waals surface area contributed by atoms with Crippen LogP contribution in [0.15, 0.2) is 24.3 Å². The minimum Gasteiger partial charge on any atom is -0.207 e. The van der Waals surface area contributed by atoms with E-state index >= 15 is 0 Å². The molecule has 0 bridgehead atoms. The van der Waals surface area contributed by atoms with Gasteiger partial charge in [0.15, 0.2) is 0 Å². The fraction of sp³-hybridized carbons (Fsp3) is 0.455. The third-order valence-electron chi connectivity index (χ3n) is 2.01. The van der Waals surface area contributed by atoms with E-state index in [-0.39, 0.29) is 5.82 Å². The molecule has 0 nitrogen and oxygen atoms in total. The van der Waals surface area contributed by atoms with Crippen LogP contribution < -0.4 is 0 Å². The Hall–Kier alpha value is -0.560. The molecule has 1 aromatic carbocycles. The molecule has 1 rings (SSSR count). The van der Waals surface area contributed by atoms with Crippen molar-refractivity contribution in [3.05, 3.63) is 35.6 Å². The number of rotatable bonds is 5. The molecule has 0 fully saturated rings. The molecular weight excluding hydrogens is 187 g/mol. The molecule has 0 radical (unpaired) electrons. The minimum atomic E-state index is -0.162. The summed E-state index contributed by atoms with van der Waals surface area (Å²) in [6.07, 6.45) is 4.39. The van der Waals surface area contributed by atoms with Crippen molar-refractivity contribution in [1.29, 1.82) is 0 Å². The molecule has 0 amide bonds. The van der Waals surface area contributed by atoms with Crippen LogP contribution in [0, 0.1) is 5.82 Å². The maximum atomic E-state index is 12.5. The third kappa shape index (κ3) is 4.28. The molecule has 2 heteroatoms. The van der Waals surface area contributed by atoms with Gasteiger partial charge in [-0.05, 0) is 37.0 Å². The smallest absolute Gasteiger partial charge is 0.123 e. The molecule has 1 aromatic rings. The summed E-state index contributed by atoms with van der Waals surface area (Å²) in [5.74, 6) is 0.577. The van der Waals surface area contributed by atoms with Crippen molar-refractivity contribution in [2.45, 2.75) is 25.7 Å². The SMILES string of the molecule is Fc1ccc(CCCCCCl)cc1. The normalized spacial score (nSPS) is 10.3. The van der Waals surface area contributed by atoms with Crippen LogP contribution in [-0.4, -0.2) is 5.88 Å². The molecule has 0 aliphatic carbocycles. The molecular formula is C11H14ClF. The molecule has 0 N–H and O–H groups in total. The van der Waals surface area contributed by atoms with Gasteiger partial charge in [0.05, 0.1) is 0 Å². The van der Waals surface area contributed by atoms with E-state index in [1.165, 1.54) is 17.7 Å². The van der Waals surface area contributed by atoms with Crippen LogP contribution in [0.3, 0.4) is 0 Å². The highest BCUT2D eigenvalue weighted by Crippen LogP contribution is 2.08. The summed E-state index contributed by atoms with van der Waals surface area (Å²) in [7, 11) is 0. The first-order valence-corrected chi connectivity index (χ1v) is 5.17. The van der Waals surface area contributed by atoms with Crippen molar-refractivity contribution < 1.29 is 4.39 Å². The van der Waals surface area contributed by atoms with Gasteiger partial charge in [-0.3, -0.25) is 0 Å². The van der Waals surface area contributed by atoms with Gasteiger partial charge in [0.25, 0.3) is 0 Å². The summed E-state index contributed by atoms with van der Waals surface area (Å²) in [6.45, 7) is 0. The Morgan fingerprint density at radius 2 is 1.69 bits per heavy atom. The Balaban J connectivity index is 2.25. The van der Waals surface area contributed by atoms with Crippen LogP contribution in [0.1, 0.15) is 24.8 Å². The predicted molar refractivity (Wildman–Crippen MR) is 54.7 cm³/mol. The molecule has 0 saturated heterocycles. The van der Waals surface area contributed by atoms with Gasteiger partial charge < -0.3 is 0 Å². The van der Waals surface area contributed by atoms with Crippen molar-refractivity contribution in [2.24, 2.45) is 0 Å². The molecule has 0 atom stereocenters. The van der Waals surface area contributed by atoms with Gasteiger partial charge in [-0.25, -0.2) is 4.39 Å². The average Bonchev–Trinajstić information content (AvgIpc) is 2.15. The summed E-state index contributed by atoms with van der Waals surface area (Å²) in [5, 5.41) is 0. The van der Waals surface area contributed by atoms with Crippen molar-refractivity contribution >= 4 is 11.6 Å². The largest absolute Gasteiger partial charge is 0.207 e. The number of benzene rings is 1. The van der Waals surface area contributed by atoms with Crippen LogP contribution in [0.5, 0.6) is 0 Å². The first-order valence-electron chi connectivity index (χ1n) is 4.63. The Bertz CT molecular complexity index is 230. The second-order valence-electron chi connectivity index (χ2n) is 3.13. The highest BCUT2D eigenvalue weighted by Gasteiger charge is 1.93. The standard InChI is InChI=1S/C11H14ClF/c12-9-3-1-2-4-10-5-7-11(13)8-6-10/h5-8H,1-4,9H2. The zero-order valence-corrected chi connectivity index (χ0v) is 8.36. The van der Waals surface area contributed by atoms with Crippen LogP contribution >= 0.6 is 11.6 Å². The van der Waals surface area contributed by atoms with Gasteiger partial charge in [-0.2, -0.15) is 0 Å². The average molecular weight is 201 g/mol. The number of alkyl halides is 1. The summed E-state index contributed by atoms with van der Waals surface area (Å²) in [4.78, 5) is 0. The van der Waals surface area contributed by atoms with Gasteiger partial charge in [0, 0.05) is 5.88 Å². The van der Waals surface area contributed by atoms with E-state index in [0.29, 0.717) is 0 Å². The quantitative estimate of drug-likeness (QED) is 0.501. The number of halogens is 2. The Kier molecular flexibility index (Phi) is 4.84. The molecule has 0 spiro atoms. The lowest BCUT2D eigenvalue weighted by Crippen LogP contribution is -1.86. The molecule has 0 heterocycles. The van der Waals surface area contributed by atoms with Gasteiger partial charge in [0.1, 0.15) is 5.82 Å². The van der Waals surface area contributed by atoms with E-state index in [1.54, 1.807) is 0 Å². The minimum absolute atomic E-state index is 0.162. The lowest BCUT2D eigenvalue weighted by Gasteiger charge is -1.99. The molecule has 13 heavy (non-hydrogen) atoms. The monoisotopic (exact) mass is 200 g/mol. The highest BCUT2D eigenvalue weighted by atomic mass is 35.5. The maximum absolute atomic E-state index is 12.5. The van der Waals surface area contributed by atoms with E-state index < -0.39 is 0 Å². The number of hydrogen-bond donors (Lipinski definition) is 0. The van der Waals surface area contributed by atoms with Crippen molar-refractivity contribution in [1.82, 2.24) is 0 Å². The first kappa shape index (κ1) is 10.5. The summed E-state index contributed by atoms with van der Waals surface area (Å²) < 4.78 is 12.5. The van der Waals surface area contributed by atoms with Crippen molar-refractivity contribution in [2.75, 3.05) is 5.88 Å². The van der Waals surface area contributed by atoms with E-state index in [2.05, 4.69) is 0 Å². The first-order chi connectivity index (χ1) is 6.33. The number of hydrogen-bond acceptors (Lipinski definition) is 0. The lowest BCUT2D eigenvalue weighted by molar-refractivity contribution is 0.626. The van der Waals surface area contributed by atoms with E-state index in [4.69, 9.17) is 11.6 Å². The van der Waals surface area contributed by atoms with Crippen LogP contribution in [0.4, 0.5) is 4.39 Å². The molecule has 0 aromatic heterocycles. The van der Waals surface area contributed by atoms with Crippen LogP contribution in [0.25, 0.3) is 0 Å². The van der Waals surface area contributed by atoms with Gasteiger partial charge >= 0.3 is 0 Å². The van der Waals surface area contributed by atoms with Crippen molar-refractivity contribution in [3.63, 3.8) is 0 Å². The van der Waals surface area contributed by atoms with Gasteiger partial charge in [-0.15, -0.1) is 11.6 Å². The summed E-state index contributed by atoms with van der Waals surface area (Å²) in [6, 6.07) is 6.71. The second-order valence-corrected chi connectivity index (χ2v) is 3.50. The molecule has 0 aliphatic rings. The maximum Gasteiger partial charge on any atom is 0.123 e. The fourth-order valence-corrected chi connectivity index (χ4v) is 1.44. The number of aryl methyl sites for hydroxylation is 1. The zero-order valence-electron chi connectivity index (χ0n) is 7.60. The Morgan fingerprint density at radius 3 is 2.31 bits per heavy atom. The van der Waals surface area contributed by atoms with Crippen LogP contribution in [-0.2, 0) is 6.42 Å². The molecule has 0 aliphatic heterocycles. The zero-order chi connectivity index (χ0) is 9.52. The van der Waals surface area contributed by atoms with Crippen molar-refractivity contribution in [3.8, 4) is 0 Å². The van der Waals surface area contributed by atoms with E-state index in [0.717, 1.165) is 31.6 Å². The summed E-state index contributed by atoms with van der Waals surface area (Å²) in [5.41, 5.74) is 1.20.